The average Bonchev–Trinajstić information content (AvgIpc) is 2.90. The molecule has 2 atom stereocenters. The van der Waals surface area contributed by atoms with E-state index in [1.807, 2.05) is 50.2 Å². The largest absolute Gasteiger partial charge is 0.352 e. The van der Waals surface area contributed by atoms with E-state index in [-0.39, 0.29) is 30.6 Å². The zero-order chi connectivity index (χ0) is 29.4. The number of hydrogen-bond acceptors (Lipinski definition) is 4. The van der Waals surface area contributed by atoms with E-state index in [0.717, 1.165) is 21.7 Å². The highest BCUT2D eigenvalue weighted by Crippen LogP contribution is 2.26. The van der Waals surface area contributed by atoms with Crippen molar-refractivity contribution in [1.29, 1.82) is 0 Å². The Bertz CT molecular complexity index is 1430. The molecular weight excluding hydrogens is 569 g/mol. The third-order valence-corrected chi connectivity index (χ3v) is 8.42. The fourth-order valence-electron chi connectivity index (χ4n) is 4.18. The van der Waals surface area contributed by atoms with Gasteiger partial charge in [-0.15, -0.1) is 0 Å². The minimum Gasteiger partial charge on any atom is -0.352 e. The molecule has 0 aliphatic rings. The maximum absolute atomic E-state index is 14.1. The van der Waals surface area contributed by atoms with Crippen LogP contribution in [0, 0.1) is 6.92 Å². The van der Waals surface area contributed by atoms with Crippen LogP contribution >= 0.6 is 23.2 Å². The van der Waals surface area contributed by atoms with E-state index in [1.54, 1.807) is 37.3 Å². The summed E-state index contributed by atoms with van der Waals surface area (Å²) in [7, 11) is -3.88. The molecule has 1 N–H and O–H groups in total. The van der Waals surface area contributed by atoms with E-state index in [2.05, 4.69) is 5.32 Å². The lowest BCUT2D eigenvalue weighted by Gasteiger charge is -2.34. The molecule has 0 saturated heterocycles. The molecule has 0 aliphatic carbocycles. The Hall–Kier alpha value is -3.07. The molecule has 0 bridgehead atoms. The summed E-state index contributed by atoms with van der Waals surface area (Å²) in [5.74, 6) is -0.861. The maximum atomic E-state index is 14.1. The molecule has 0 fully saturated rings. The SMILES string of the molecule is CCC(C)NC(=O)C(Cc1ccccc1)N(Cc1cccc(Cl)c1)C(=O)CN(c1ccc(C)c(Cl)c1)S(C)(=O)=O. The van der Waals surface area contributed by atoms with Gasteiger partial charge in [0.05, 0.1) is 11.9 Å². The molecule has 214 valence electrons. The minimum atomic E-state index is -3.88. The smallest absolute Gasteiger partial charge is 0.244 e. The molecule has 0 aromatic heterocycles. The van der Waals surface area contributed by atoms with Gasteiger partial charge in [0.1, 0.15) is 12.6 Å². The third-order valence-electron chi connectivity index (χ3n) is 6.64. The van der Waals surface area contributed by atoms with E-state index < -0.39 is 28.5 Å². The zero-order valence-electron chi connectivity index (χ0n) is 23.1. The predicted molar refractivity (Wildman–Crippen MR) is 162 cm³/mol. The van der Waals surface area contributed by atoms with Gasteiger partial charge in [-0.2, -0.15) is 0 Å². The van der Waals surface area contributed by atoms with Crippen LogP contribution in [-0.2, 0) is 32.6 Å². The number of rotatable bonds is 12. The molecule has 40 heavy (non-hydrogen) atoms. The van der Waals surface area contributed by atoms with Crippen molar-refractivity contribution in [2.45, 2.75) is 52.2 Å². The number of carbonyl (C=O) groups is 2. The summed E-state index contributed by atoms with van der Waals surface area (Å²) in [5.41, 5.74) is 2.61. The van der Waals surface area contributed by atoms with Crippen molar-refractivity contribution in [2.75, 3.05) is 17.1 Å². The van der Waals surface area contributed by atoms with Gasteiger partial charge >= 0.3 is 0 Å². The second-order valence-electron chi connectivity index (χ2n) is 9.88. The van der Waals surface area contributed by atoms with Crippen molar-refractivity contribution < 1.29 is 18.0 Å². The molecule has 2 unspecified atom stereocenters. The Morgan fingerprint density at radius 1 is 0.950 bits per heavy atom. The first kappa shape index (κ1) is 31.5. The molecule has 0 saturated carbocycles. The summed E-state index contributed by atoms with van der Waals surface area (Å²) >= 11 is 12.5. The molecular formula is C30H35Cl2N3O4S. The lowest BCUT2D eigenvalue weighted by atomic mass is 10.0. The Labute approximate surface area is 247 Å². The molecule has 3 rings (SSSR count). The number of sulfonamides is 1. The van der Waals surface area contributed by atoms with Crippen LogP contribution in [0.25, 0.3) is 0 Å². The number of nitrogens with one attached hydrogen (secondary N) is 1. The second-order valence-corrected chi connectivity index (χ2v) is 12.6. The van der Waals surface area contributed by atoms with Crippen LogP contribution in [0.1, 0.15) is 37.0 Å². The normalized spacial score (nSPS) is 12.8. The van der Waals surface area contributed by atoms with E-state index in [1.165, 1.54) is 11.0 Å². The number of hydrogen-bond donors (Lipinski definition) is 1. The minimum absolute atomic E-state index is 0.0527. The predicted octanol–water partition coefficient (Wildman–Crippen LogP) is 5.62. The summed E-state index contributed by atoms with van der Waals surface area (Å²) in [6, 6.07) is 20.2. The lowest BCUT2D eigenvalue weighted by Crippen LogP contribution is -2.54. The summed E-state index contributed by atoms with van der Waals surface area (Å²) < 4.78 is 26.8. The van der Waals surface area contributed by atoms with Crippen LogP contribution in [0.3, 0.4) is 0 Å². The van der Waals surface area contributed by atoms with Crippen molar-refractivity contribution in [2.24, 2.45) is 0 Å². The standard InChI is InChI=1S/C30H35Cl2N3O4S/c1-5-22(3)33-30(37)28(17-23-10-7-6-8-11-23)34(19-24-12-9-13-25(31)16-24)29(36)20-35(40(4,38)39)26-15-14-21(2)27(32)18-26/h6-16,18,22,28H,5,17,19-20H2,1-4H3,(H,33,37). The summed E-state index contributed by atoms with van der Waals surface area (Å²) in [6.07, 6.45) is 1.99. The van der Waals surface area contributed by atoms with Gasteiger partial charge in [-0.05, 0) is 61.2 Å². The second kappa shape index (κ2) is 14.0. The number of nitrogens with zero attached hydrogens (tertiary/aromatic N) is 2. The van der Waals surface area contributed by atoms with Crippen LogP contribution in [-0.4, -0.2) is 50.0 Å². The van der Waals surface area contributed by atoms with Gasteiger partial charge in [-0.1, -0.05) is 78.7 Å². The summed E-state index contributed by atoms with van der Waals surface area (Å²) in [6.45, 7) is 5.20. The van der Waals surface area contributed by atoms with Gasteiger partial charge in [-0.3, -0.25) is 13.9 Å². The molecule has 7 nitrogen and oxygen atoms in total. The Morgan fingerprint density at radius 3 is 2.23 bits per heavy atom. The fourth-order valence-corrected chi connectivity index (χ4v) is 5.41. The number of aryl methyl sites for hydroxylation is 1. The van der Waals surface area contributed by atoms with Gasteiger partial charge in [-0.25, -0.2) is 8.42 Å². The molecule has 0 heterocycles. The van der Waals surface area contributed by atoms with Gasteiger partial charge in [0, 0.05) is 29.1 Å². The number of amides is 2. The first-order chi connectivity index (χ1) is 18.9. The molecule has 2 amide bonds. The summed E-state index contributed by atoms with van der Waals surface area (Å²) in [5, 5.41) is 3.87. The van der Waals surface area contributed by atoms with Crippen molar-refractivity contribution in [1.82, 2.24) is 10.2 Å². The summed E-state index contributed by atoms with van der Waals surface area (Å²) in [4.78, 5) is 29.2. The number of anilines is 1. The highest BCUT2D eigenvalue weighted by Gasteiger charge is 2.33. The Morgan fingerprint density at radius 2 is 1.62 bits per heavy atom. The van der Waals surface area contributed by atoms with E-state index >= 15 is 0 Å². The molecule has 3 aromatic rings. The van der Waals surface area contributed by atoms with Crippen molar-refractivity contribution in [3.05, 3.63) is 99.5 Å². The molecule has 10 heteroatoms. The molecule has 0 radical (unpaired) electrons. The van der Waals surface area contributed by atoms with E-state index in [9.17, 15) is 18.0 Å². The lowest BCUT2D eigenvalue weighted by molar-refractivity contribution is -0.140. The zero-order valence-corrected chi connectivity index (χ0v) is 25.4. The van der Waals surface area contributed by atoms with E-state index in [0.29, 0.717) is 22.0 Å². The first-order valence-electron chi connectivity index (χ1n) is 13.0. The third kappa shape index (κ3) is 8.71. The number of benzene rings is 3. The Balaban J connectivity index is 2.07. The van der Waals surface area contributed by atoms with Crippen LogP contribution < -0.4 is 9.62 Å². The molecule has 0 spiro atoms. The van der Waals surface area contributed by atoms with Crippen molar-refractivity contribution >= 4 is 50.7 Å². The van der Waals surface area contributed by atoms with Crippen molar-refractivity contribution in [3.8, 4) is 0 Å². The first-order valence-corrected chi connectivity index (χ1v) is 15.6. The van der Waals surface area contributed by atoms with Crippen LogP contribution in [0.2, 0.25) is 10.0 Å². The van der Waals surface area contributed by atoms with Crippen LogP contribution in [0.15, 0.2) is 72.8 Å². The van der Waals surface area contributed by atoms with Gasteiger partial charge in [0.15, 0.2) is 0 Å². The van der Waals surface area contributed by atoms with Crippen molar-refractivity contribution in [3.63, 3.8) is 0 Å². The van der Waals surface area contributed by atoms with Crippen LogP contribution in [0.4, 0.5) is 5.69 Å². The van der Waals surface area contributed by atoms with Crippen LogP contribution in [0.5, 0.6) is 0 Å². The van der Waals surface area contributed by atoms with Gasteiger partial charge < -0.3 is 10.2 Å². The number of carbonyl (C=O) groups excluding carboxylic acids is 2. The average molecular weight is 605 g/mol. The maximum Gasteiger partial charge on any atom is 0.244 e. The molecule has 3 aromatic carbocycles. The van der Waals surface area contributed by atoms with E-state index in [4.69, 9.17) is 23.2 Å². The Kier molecular flexibility index (Phi) is 11.0. The quantitative estimate of drug-likeness (QED) is 0.291. The molecule has 0 aliphatic heterocycles. The van der Waals surface area contributed by atoms with Gasteiger partial charge in [0.25, 0.3) is 0 Å². The fraction of sp³-hybridized carbons (Fsp3) is 0.333. The van der Waals surface area contributed by atoms with Gasteiger partial charge in [0.2, 0.25) is 21.8 Å². The highest BCUT2D eigenvalue weighted by molar-refractivity contribution is 7.92. The number of halogens is 2. The highest BCUT2D eigenvalue weighted by atomic mass is 35.5. The monoisotopic (exact) mass is 603 g/mol. The topological polar surface area (TPSA) is 86.8 Å².